The average molecular weight is 381 g/mol. The first kappa shape index (κ1) is 18.2. The molecule has 0 saturated carbocycles. The predicted octanol–water partition coefficient (Wildman–Crippen LogP) is 2.53. The summed E-state index contributed by atoms with van der Waals surface area (Å²) in [6.07, 6.45) is 4.40. The molecule has 0 atom stereocenters. The lowest BCUT2D eigenvalue weighted by Gasteiger charge is -2.28. The largest absolute Gasteiger partial charge is 0.478 e. The standard InChI is InChI=1S/C20H23N5O3/c1-4-27-18-6-5-15-11-24(8-7-17(15)22-18)20(26)19-16(14(3)28-23-19)12-25-10-13(2)9-21-25/h5-6,9-10H,4,7-8,11-12H2,1-3H3. The topological polar surface area (TPSA) is 86.3 Å². The van der Waals surface area contributed by atoms with Crippen LogP contribution in [0, 0.1) is 13.8 Å². The van der Waals surface area contributed by atoms with Gasteiger partial charge in [0, 0.05) is 37.3 Å². The Hall–Kier alpha value is -3.16. The smallest absolute Gasteiger partial charge is 0.276 e. The fourth-order valence-electron chi connectivity index (χ4n) is 3.41. The number of fused-ring (bicyclic) bond motifs is 1. The quantitative estimate of drug-likeness (QED) is 0.675. The highest BCUT2D eigenvalue weighted by molar-refractivity contribution is 5.94. The number of aryl methyl sites for hydroxylation is 2. The zero-order chi connectivity index (χ0) is 19.7. The van der Waals surface area contributed by atoms with Crippen molar-refractivity contribution in [2.45, 2.75) is 40.3 Å². The second kappa shape index (κ2) is 7.46. The summed E-state index contributed by atoms with van der Waals surface area (Å²) in [5, 5.41) is 8.35. The minimum Gasteiger partial charge on any atom is -0.478 e. The highest BCUT2D eigenvalue weighted by Crippen LogP contribution is 2.24. The van der Waals surface area contributed by atoms with Gasteiger partial charge in [0.1, 0.15) is 5.76 Å². The Labute approximate surface area is 163 Å². The number of aromatic nitrogens is 4. The molecule has 0 unspecified atom stereocenters. The molecule has 0 fully saturated rings. The number of hydrogen-bond donors (Lipinski definition) is 0. The van der Waals surface area contributed by atoms with E-state index < -0.39 is 0 Å². The van der Waals surface area contributed by atoms with Crippen molar-refractivity contribution in [3.8, 4) is 5.88 Å². The maximum Gasteiger partial charge on any atom is 0.276 e. The molecule has 146 valence electrons. The minimum absolute atomic E-state index is 0.129. The first-order valence-corrected chi connectivity index (χ1v) is 9.40. The molecular formula is C20H23N5O3. The SMILES string of the molecule is CCOc1ccc2c(n1)CCN(C(=O)c1noc(C)c1Cn1cc(C)cn1)C2. The molecule has 0 aliphatic carbocycles. The number of hydrogen-bond acceptors (Lipinski definition) is 6. The lowest BCUT2D eigenvalue weighted by atomic mass is 10.0. The molecule has 4 rings (SSSR count). The summed E-state index contributed by atoms with van der Waals surface area (Å²) in [6, 6.07) is 3.83. The molecule has 1 aliphatic rings. The van der Waals surface area contributed by atoms with Gasteiger partial charge in [0.15, 0.2) is 5.69 Å². The van der Waals surface area contributed by atoms with Gasteiger partial charge in [-0.15, -0.1) is 0 Å². The number of carbonyl (C=O) groups is 1. The van der Waals surface area contributed by atoms with E-state index in [1.165, 1.54) is 0 Å². The van der Waals surface area contributed by atoms with Gasteiger partial charge in [-0.3, -0.25) is 9.48 Å². The number of ether oxygens (including phenoxy) is 1. The van der Waals surface area contributed by atoms with E-state index in [1.54, 1.807) is 15.8 Å². The van der Waals surface area contributed by atoms with Crippen LogP contribution in [0.5, 0.6) is 5.88 Å². The normalized spacial score (nSPS) is 13.5. The number of amides is 1. The van der Waals surface area contributed by atoms with Crippen LogP contribution in [0.3, 0.4) is 0 Å². The van der Waals surface area contributed by atoms with Crippen LogP contribution >= 0.6 is 0 Å². The Bertz CT molecular complexity index is 1010. The van der Waals surface area contributed by atoms with Gasteiger partial charge in [0.2, 0.25) is 5.88 Å². The molecule has 28 heavy (non-hydrogen) atoms. The maximum atomic E-state index is 13.1. The second-order valence-corrected chi connectivity index (χ2v) is 6.95. The summed E-state index contributed by atoms with van der Waals surface area (Å²) >= 11 is 0. The summed E-state index contributed by atoms with van der Waals surface area (Å²) in [5.41, 5.74) is 4.20. The monoisotopic (exact) mass is 381 g/mol. The number of pyridine rings is 1. The van der Waals surface area contributed by atoms with Crippen molar-refractivity contribution in [3.05, 3.63) is 58.4 Å². The Morgan fingerprint density at radius 3 is 2.93 bits per heavy atom. The third-order valence-electron chi connectivity index (χ3n) is 4.87. The van der Waals surface area contributed by atoms with Crippen molar-refractivity contribution < 1.29 is 14.1 Å². The predicted molar refractivity (Wildman–Crippen MR) is 101 cm³/mol. The van der Waals surface area contributed by atoms with Gasteiger partial charge in [-0.2, -0.15) is 5.10 Å². The number of rotatable bonds is 5. The Balaban J connectivity index is 1.54. The van der Waals surface area contributed by atoms with E-state index in [-0.39, 0.29) is 5.91 Å². The van der Waals surface area contributed by atoms with Crippen molar-refractivity contribution >= 4 is 5.91 Å². The molecule has 4 heterocycles. The molecule has 8 nitrogen and oxygen atoms in total. The van der Waals surface area contributed by atoms with Crippen LogP contribution in [0.2, 0.25) is 0 Å². The van der Waals surface area contributed by atoms with Crippen LogP contribution in [0.4, 0.5) is 0 Å². The lowest BCUT2D eigenvalue weighted by Crippen LogP contribution is -2.37. The van der Waals surface area contributed by atoms with Gasteiger partial charge >= 0.3 is 0 Å². The van der Waals surface area contributed by atoms with E-state index in [9.17, 15) is 4.79 Å². The third kappa shape index (κ3) is 3.49. The summed E-state index contributed by atoms with van der Waals surface area (Å²) < 4.78 is 12.6. The summed E-state index contributed by atoms with van der Waals surface area (Å²) in [4.78, 5) is 19.5. The van der Waals surface area contributed by atoms with Crippen molar-refractivity contribution in [3.63, 3.8) is 0 Å². The zero-order valence-corrected chi connectivity index (χ0v) is 16.3. The molecule has 3 aromatic heterocycles. The van der Waals surface area contributed by atoms with Crippen LogP contribution in [-0.2, 0) is 19.5 Å². The van der Waals surface area contributed by atoms with Gasteiger partial charge < -0.3 is 14.2 Å². The van der Waals surface area contributed by atoms with Crippen LogP contribution in [0.1, 0.15) is 45.6 Å². The second-order valence-electron chi connectivity index (χ2n) is 6.95. The Kier molecular flexibility index (Phi) is 4.85. The van der Waals surface area contributed by atoms with E-state index in [4.69, 9.17) is 9.26 Å². The van der Waals surface area contributed by atoms with Gasteiger partial charge in [0.25, 0.3) is 5.91 Å². The highest BCUT2D eigenvalue weighted by Gasteiger charge is 2.28. The molecule has 1 amide bonds. The van der Waals surface area contributed by atoms with Crippen molar-refractivity contribution in [1.29, 1.82) is 0 Å². The first-order chi connectivity index (χ1) is 13.5. The minimum atomic E-state index is -0.129. The van der Waals surface area contributed by atoms with E-state index in [2.05, 4.69) is 15.2 Å². The van der Waals surface area contributed by atoms with Gasteiger partial charge in [0.05, 0.1) is 25.0 Å². The zero-order valence-electron chi connectivity index (χ0n) is 16.3. The van der Waals surface area contributed by atoms with Crippen LogP contribution in [0.15, 0.2) is 29.0 Å². The molecule has 0 saturated heterocycles. The molecule has 8 heteroatoms. The van der Waals surface area contributed by atoms with E-state index in [0.717, 1.165) is 22.4 Å². The number of carbonyl (C=O) groups excluding carboxylic acids is 1. The lowest BCUT2D eigenvalue weighted by molar-refractivity contribution is 0.0721. The summed E-state index contributed by atoms with van der Waals surface area (Å²) in [7, 11) is 0. The van der Waals surface area contributed by atoms with Crippen LogP contribution in [0.25, 0.3) is 0 Å². The van der Waals surface area contributed by atoms with Crippen molar-refractivity contribution in [1.82, 2.24) is 24.8 Å². The van der Waals surface area contributed by atoms with Crippen LogP contribution < -0.4 is 4.74 Å². The molecule has 3 aromatic rings. The summed E-state index contributed by atoms with van der Waals surface area (Å²) in [6.45, 7) is 7.85. The number of nitrogens with zero attached hydrogens (tertiary/aromatic N) is 5. The Morgan fingerprint density at radius 2 is 2.18 bits per heavy atom. The highest BCUT2D eigenvalue weighted by atomic mass is 16.5. The van der Waals surface area contributed by atoms with Crippen molar-refractivity contribution in [2.75, 3.05) is 13.2 Å². The van der Waals surface area contributed by atoms with Crippen molar-refractivity contribution in [2.24, 2.45) is 0 Å². The molecule has 0 radical (unpaired) electrons. The fourth-order valence-corrected chi connectivity index (χ4v) is 3.41. The van der Waals surface area contributed by atoms with E-state index >= 15 is 0 Å². The molecule has 0 bridgehead atoms. The molecule has 0 spiro atoms. The van der Waals surface area contributed by atoms with E-state index in [0.29, 0.717) is 50.0 Å². The van der Waals surface area contributed by atoms with Gasteiger partial charge in [-0.1, -0.05) is 11.2 Å². The summed E-state index contributed by atoms with van der Waals surface area (Å²) in [5.74, 6) is 1.14. The first-order valence-electron chi connectivity index (χ1n) is 9.40. The molecule has 0 aromatic carbocycles. The third-order valence-corrected chi connectivity index (χ3v) is 4.87. The molecule has 0 N–H and O–H groups in total. The van der Waals surface area contributed by atoms with Gasteiger partial charge in [-0.25, -0.2) is 4.98 Å². The Morgan fingerprint density at radius 1 is 1.32 bits per heavy atom. The fraction of sp³-hybridized carbons (Fsp3) is 0.400. The van der Waals surface area contributed by atoms with Gasteiger partial charge in [-0.05, 0) is 31.9 Å². The average Bonchev–Trinajstić information content (AvgIpc) is 3.27. The molecular weight excluding hydrogens is 358 g/mol. The van der Waals surface area contributed by atoms with E-state index in [1.807, 2.05) is 39.1 Å². The maximum absolute atomic E-state index is 13.1. The molecule has 1 aliphatic heterocycles. The van der Waals surface area contributed by atoms with Crippen LogP contribution in [-0.4, -0.2) is 43.9 Å².